The molecule has 362 valence electrons. The van der Waals surface area contributed by atoms with E-state index in [-0.39, 0.29) is 0 Å². The van der Waals surface area contributed by atoms with Gasteiger partial charge in [-0.1, -0.05) is 287 Å². The van der Waals surface area contributed by atoms with Crippen molar-refractivity contribution in [3.63, 3.8) is 0 Å². The van der Waals surface area contributed by atoms with Crippen LogP contribution in [0, 0.1) is 0 Å². The van der Waals surface area contributed by atoms with Crippen LogP contribution in [0.1, 0.15) is 87.2 Å². The van der Waals surface area contributed by atoms with Crippen molar-refractivity contribution in [2.45, 2.75) is 76.0 Å². The fourth-order valence-corrected chi connectivity index (χ4v) is 22.6. The van der Waals surface area contributed by atoms with Crippen molar-refractivity contribution in [3.05, 3.63) is 260 Å². The van der Waals surface area contributed by atoms with Gasteiger partial charge in [0.05, 0.1) is 0 Å². The van der Waals surface area contributed by atoms with E-state index in [4.69, 9.17) is 15.0 Å². The van der Waals surface area contributed by atoms with Gasteiger partial charge in [-0.2, -0.15) is 0 Å². The lowest BCUT2D eigenvalue weighted by atomic mass is 9.76. The molecule has 1 heterocycles. The molecule has 2 aliphatic carbocycles. The second-order valence-corrected chi connectivity index (χ2v) is 28.3. The molecular formula is C69H63N3Si2. The molecule has 2 fully saturated rings. The molecule has 74 heavy (non-hydrogen) atoms. The smallest absolute Gasteiger partial charge is 0.179 e. The third kappa shape index (κ3) is 8.92. The van der Waals surface area contributed by atoms with E-state index in [0.29, 0.717) is 23.5 Å². The first-order chi connectivity index (χ1) is 36.7. The Morgan fingerprint density at radius 1 is 0.257 bits per heavy atom. The Bertz CT molecular complexity index is 3030. The van der Waals surface area contributed by atoms with Crippen molar-refractivity contribution in [1.82, 2.24) is 15.0 Å². The van der Waals surface area contributed by atoms with Gasteiger partial charge in [0.25, 0.3) is 0 Å². The summed E-state index contributed by atoms with van der Waals surface area (Å²) in [6, 6.07) is 92.9. The third-order valence-electron chi connectivity index (χ3n) is 16.4. The Labute approximate surface area is 440 Å². The van der Waals surface area contributed by atoms with E-state index in [2.05, 4.69) is 249 Å². The number of aromatic nitrogens is 3. The molecule has 9 aromatic carbocycles. The standard InChI is InChI=1S/C69H63N3Si2/c1-9-28-52(29-10-1)64-48-27-49-65(53-30-11-2-12-31-53)66(64)69-71-67(54-32-25-46-62(50-54)73(56-34-13-3-14-35-56,57-36-15-4-16-37-57)58-38-17-5-18-39-58)70-68(72-69)55-33-26-47-63(51-55)74(59-40-19-6-20-41-59,60-42-21-7-22-43-60)61-44-23-8-24-45-61/h3-8,13-27,32-53H,1-2,9-12,28-31H2. The summed E-state index contributed by atoms with van der Waals surface area (Å²) < 4.78 is 0. The SMILES string of the molecule is c1ccc([Si](c2ccccc2)(c2ccccc2)c2cccc(-c3nc(-c4cccc([Si](c5ccccc5)(c5ccccc5)c5ccccc5)c4)nc(-c4c(C5CCCCC5)cccc4C4CCCCC4)n3)c2)cc1. The van der Waals surface area contributed by atoms with E-state index in [1.54, 1.807) is 0 Å². The van der Waals surface area contributed by atoms with Crippen LogP contribution in [0.5, 0.6) is 0 Å². The van der Waals surface area contributed by atoms with Crippen molar-refractivity contribution >= 4 is 57.6 Å². The summed E-state index contributed by atoms with van der Waals surface area (Å²) in [6.45, 7) is 0. The van der Waals surface area contributed by atoms with E-state index in [0.717, 1.165) is 17.0 Å². The van der Waals surface area contributed by atoms with Crippen LogP contribution >= 0.6 is 0 Å². The molecule has 0 bridgehead atoms. The van der Waals surface area contributed by atoms with Gasteiger partial charge in [0.1, 0.15) is 0 Å². The first-order valence-corrected chi connectivity index (χ1v) is 31.2. The van der Waals surface area contributed by atoms with Gasteiger partial charge in [0, 0.05) is 16.7 Å². The Morgan fingerprint density at radius 2 is 0.527 bits per heavy atom. The van der Waals surface area contributed by atoms with Crippen molar-refractivity contribution in [3.8, 4) is 34.2 Å². The summed E-state index contributed by atoms with van der Waals surface area (Å²) in [5, 5.41) is 10.6. The zero-order valence-corrected chi connectivity index (χ0v) is 44.2. The molecule has 0 amide bonds. The average molecular weight is 990 g/mol. The Morgan fingerprint density at radius 3 is 0.838 bits per heavy atom. The van der Waals surface area contributed by atoms with Gasteiger partial charge in [-0.3, -0.25) is 0 Å². The van der Waals surface area contributed by atoms with Crippen LogP contribution in [0.25, 0.3) is 34.2 Å². The molecule has 12 rings (SSSR count). The fraction of sp³-hybridized carbons (Fsp3) is 0.174. The lowest BCUT2D eigenvalue weighted by molar-refractivity contribution is 0.436. The summed E-state index contributed by atoms with van der Waals surface area (Å²) in [5.41, 5.74) is 6.10. The lowest BCUT2D eigenvalue weighted by Gasteiger charge is -2.34. The maximum atomic E-state index is 5.77. The molecule has 2 aliphatic rings. The first kappa shape index (κ1) is 47.4. The quantitative estimate of drug-likeness (QED) is 0.0853. The molecule has 0 N–H and O–H groups in total. The van der Waals surface area contributed by atoms with Crippen molar-refractivity contribution < 1.29 is 0 Å². The van der Waals surface area contributed by atoms with Crippen molar-refractivity contribution in [2.75, 3.05) is 0 Å². The number of hydrogen-bond donors (Lipinski definition) is 0. The molecule has 10 aromatic rings. The summed E-state index contributed by atoms with van der Waals surface area (Å²) in [5.74, 6) is 3.17. The molecule has 0 aliphatic heterocycles. The van der Waals surface area contributed by atoms with Crippen LogP contribution in [-0.4, -0.2) is 31.1 Å². The molecule has 0 radical (unpaired) electrons. The zero-order valence-electron chi connectivity index (χ0n) is 42.2. The lowest BCUT2D eigenvalue weighted by Crippen LogP contribution is -2.74. The summed E-state index contributed by atoms with van der Waals surface area (Å²) in [6.07, 6.45) is 12.5. The highest BCUT2D eigenvalue weighted by molar-refractivity contribution is 7.20. The maximum absolute atomic E-state index is 5.77. The molecule has 5 heteroatoms. The topological polar surface area (TPSA) is 38.7 Å². The van der Waals surface area contributed by atoms with Gasteiger partial charge in [-0.05, 0) is 90.1 Å². The Balaban J connectivity index is 1.12. The third-order valence-corrected chi connectivity index (χ3v) is 26.0. The molecule has 1 aromatic heterocycles. The maximum Gasteiger partial charge on any atom is 0.179 e. The van der Waals surface area contributed by atoms with E-state index in [1.807, 2.05) is 0 Å². The highest BCUT2D eigenvalue weighted by Gasteiger charge is 2.43. The molecular weight excluding hydrogens is 927 g/mol. The van der Waals surface area contributed by atoms with Crippen molar-refractivity contribution in [1.29, 1.82) is 0 Å². The molecule has 0 unspecified atom stereocenters. The van der Waals surface area contributed by atoms with E-state index < -0.39 is 16.1 Å². The zero-order chi connectivity index (χ0) is 49.6. The normalized spacial score (nSPS) is 14.6. The average Bonchev–Trinajstić information content (AvgIpc) is 3.50. The van der Waals surface area contributed by atoms with Crippen LogP contribution in [0.4, 0.5) is 0 Å². The van der Waals surface area contributed by atoms with Gasteiger partial charge in [0.15, 0.2) is 33.6 Å². The first-order valence-electron chi connectivity index (χ1n) is 27.2. The second-order valence-electron chi connectivity index (χ2n) is 20.6. The van der Waals surface area contributed by atoms with Crippen molar-refractivity contribution in [2.24, 2.45) is 0 Å². The fourth-order valence-electron chi connectivity index (χ4n) is 13.0. The van der Waals surface area contributed by atoms with Crippen LogP contribution in [-0.2, 0) is 0 Å². The Kier molecular flexibility index (Phi) is 13.8. The molecule has 0 saturated heterocycles. The highest BCUT2D eigenvalue weighted by atomic mass is 28.3. The number of hydrogen-bond acceptors (Lipinski definition) is 3. The number of rotatable bonds is 13. The summed E-state index contributed by atoms with van der Waals surface area (Å²) in [4.78, 5) is 17.2. The Hall–Kier alpha value is -7.58. The van der Waals surface area contributed by atoms with Crippen LogP contribution in [0.15, 0.2) is 249 Å². The predicted molar refractivity (Wildman–Crippen MR) is 315 cm³/mol. The van der Waals surface area contributed by atoms with Gasteiger partial charge >= 0.3 is 0 Å². The number of nitrogens with zero attached hydrogens (tertiary/aromatic N) is 3. The minimum atomic E-state index is -2.87. The largest absolute Gasteiger partial charge is 0.208 e. The molecule has 3 nitrogen and oxygen atoms in total. The van der Waals surface area contributed by atoms with Crippen LogP contribution < -0.4 is 41.5 Å². The molecule has 0 spiro atoms. The summed E-state index contributed by atoms with van der Waals surface area (Å²) in [7, 11) is -5.75. The second kappa shape index (κ2) is 21.5. The highest BCUT2D eigenvalue weighted by Crippen LogP contribution is 2.44. The predicted octanol–water partition coefficient (Wildman–Crippen LogP) is 11.7. The van der Waals surface area contributed by atoms with Crippen LogP contribution in [0.2, 0.25) is 0 Å². The van der Waals surface area contributed by atoms with E-state index in [1.165, 1.54) is 122 Å². The van der Waals surface area contributed by atoms with Gasteiger partial charge in [-0.25, -0.2) is 15.0 Å². The monoisotopic (exact) mass is 989 g/mol. The molecule has 2 saturated carbocycles. The van der Waals surface area contributed by atoms with Gasteiger partial charge < -0.3 is 0 Å². The number of benzene rings is 9. The minimum Gasteiger partial charge on any atom is -0.208 e. The van der Waals surface area contributed by atoms with E-state index >= 15 is 0 Å². The summed E-state index contributed by atoms with van der Waals surface area (Å²) >= 11 is 0. The van der Waals surface area contributed by atoms with Gasteiger partial charge in [0.2, 0.25) is 0 Å². The van der Waals surface area contributed by atoms with Gasteiger partial charge in [-0.15, -0.1) is 0 Å². The van der Waals surface area contributed by atoms with Crippen LogP contribution in [0.3, 0.4) is 0 Å². The minimum absolute atomic E-state index is 0.473. The molecule has 0 atom stereocenters. The van der Waals surface area contributed by atoms with E-state index in [9.17, 15) is 0 Å².